The van der Waals surface area contributed by atoms with Crippen LogP contribution in [0.25, 0.3) is 0 Å². The fraction of sp³-hybridized carbons (Fsp3) is 0.333. The second-order valence-electron chi connectivity index (χ2n) is 6.56. The molecule has 0 aliphatic heterocycles. The molecule has 7 nitrogen and oxygen atoms in total. The van der Waals surface area contributed by atoms with Crippen molar-refractivity contribution in [3.05, 3.63) is 59.2 Å². The summed E-state index contributed by atoms with van der Waals surface area (Å²) in [5.74, 6) is -1.24. The molecule has 2 aromatic rings. The Hall–Kier alpha value is -2.71. The highest BCUT2D eigenvalue weighted by Gasteiger charge is 2.25. The van der Waals surface area contributed by atoms with Crippen molar-refractivity contribution < 1.29 is 22.7 Å². The summed E-state index contributed by atoms with van der Waals surface area (Å²) in [5.41, 5.74) is 2.20. The molecule has 29 heavy (non-hydrogen) atoms. The Kier molecular flexibility index (Phi) is 7.53. The average molecular weight is 419 g/mol. The van der Waals surface area contributed by atoms with Gasteiger partial charge >= 0.3 is 5.97 Å². The van der Waals surface area contributed by atoms with Gasteiger partial charge in [0.2, 0.25) is 10.0 Å². The van der Waals surface area contributed by atoms with Gasteiger partial charge in [-0.1, -0.05) is 32.0 Å². The van der Waals surface area contributed by atoms with Gasteiger partial charge in [-0.25, -0.2) is 13.2 Å². The fourth-order valence-electron chi connectivity index (χ4n) is 2.84. The minimum atomic E-state index is -3.72. The van der Waals surface area contributed by atoms with Crippen LogP contribution in [0.2, 0.25) is 0 Å². The number of hydrogen-bond donors (Lipinski definition) is 1. The first kappa shape index (κ1) is 22.6. The number of ether oxygens (including phenoxy) is 1. The number of sulfonamides is 1. The van der Waals surface area contributed by atoms with E-state index in [0.717, 1.165) is 5.56 Å². The van der Waals surface area contributed by atoms with Crippen molar-refractivity contribution in [1.82, 2.24) is 4.31 Å². The molecule has 1 amide bonds. The van der Waals surface area contributed by atoms with E-state index in [1.165, 1.54) is 16.4 Å². The van der Waals surface area contributed by atoms with Crippen LogP contribution < -0.4 is 5.32 Å². The summed E-state index contributed by atoms with van der Waals surface area (Å²) in [4.78, 5) is 24.4. The standard InChI is InChI=1S/C21H26N2O5S/c1-5-23(6-2)29(26,27)19-13-17(11-10-16(19)4)21(25)28-14-20(24)22-18-9-7-8-15(3)12-18/h7-13H,5-6,14H2,1-4H3,(H,22,24). The molecule has 0 unspecified atom stereocenters. The molecule has 0 bridgehead atoms. The van der Waals surface area contributed by atoms with Gasteiger partial charge in [0.15, 0.2) is 6.61 Å². The molecule has 2 aromatic carbocycles. The number of benzene rings is 2. The molecule has 0 spiro atoms. The molecular formula is C21H26N2O5S. The highest BCUT2D eigenvalue weighted by Crippen LogP contribution is 2.22. The Balaban J connectivity index is 2.10. The molecule has 0 aliphatic carbocycles. The van der Waals surface area contributed by atoms with Crippen molar-refractivity contribution in [2.24, 2.45) is 0 Å². The van der Waals surface area contributed by atoms with Crippen molar-refractivity contribution >= 4 is 27.6 Å². The molecule has 1 N–H and O–H groups in total. The highest BCUT2D eigenvalue weighted by molar-refractivity contribution is 7.89. The van der Waals surface area contributed by atoms with Crippen LogP contribution in [0.1, 0.15) is 35.3 Å². The van der Waals surface area contributed by atoms with Gasteiger partial charge in [-0.3, -0.25) is 4.79 Å². The number of nitrogens with one attached hydrogen (secondary N) is 1. The molecule has 0 saturated carbocycles. The van der Waals surface area contributed by atoms with Gasteiger partial charge in [0, 0.05) is 18.8 Å². The zero-order valence-electron chi connectivity index (χ0n) is 17.1. The number of esters is 1. The molecule has 0 aromatic heterocycles. The lowest BCUT2D eigenvalue weighted by Gasteiger charge is -2.20. The first-order chi connectivity index (χ1) is 13.7. The summed E-state index contributed by atoms with van der Waals surface area (Å²) in [7, 11) is -3.72. The fourth-order valence-corrected chi connectivity index (χ4v) is 4.55. The van der Waals surface area contributed by atoms with Crippen molar-refractivity contribution in [1.29, 1.82) is 0 Å². The molecular weight excluding hydrogens is 392 g/mol. The van der Waals surface area contributed by atoms with Gasteiger partial charge in [-0.2, -0.15) is 4.31 Å². The molecule has 0 saturated heterocycles. The van der Waals surface area contributed by atoms with Crippen molar-refractivity contribution in [2.75, 3.05) is 25.0 Å². The molecule has 0 fully saturated rings. The number of rotatable bonds is 8. The summed E-state index contributed by atoms with van der Waals surface area (Å²) in [5, 5.41) is 2.65. The van der Waals surface area contributed by atoms with Gasteiger partial charge < -0.3 is 10.1 Å². The summed E-state index contributed by atoms with van der Waals surface area (Å²) in [6.07, 6.45) is 0. The van der Waals surface area contributed by atoms with Crippen LogP contribution in [0.4, 0.5) is 5.69 Å². The maximum Gasteiger partial charge on any atom is 0.338 e. The number of nitrogens with zero attached hydrogens (tertiary/aromatic N) is 1. The van der Waals surface area contributed by atoms with Crippen molar-refractivity contribution in [3.8, 4) is 0 Å². The van der Waals surface area contributed by atoms with Crippen molar-refractivity contribution in [3.63, 3.8) is 0 Å². The van der Waals surface area contributed by atoms with E-state index >= 15 is 0 Å². The number of anilines is 1. The molecule has 2 rings (SSSR count). The van der Waals surface area contributed by atoms with E-state index in [-0.39, 0.29) is 10.5 Å². The Bertz CT molecular complexity index is 998. The zero-order chi connectivity index (χ0) is 21.6. The van der Waals surface area contributed by atoms with Crippen molar-refractivity contribution in [2.45, 2.75) is 32.6 Å². The normalized spacial score (nSPS) is 11.3. The van der Waals surface area contributed by atoms with Gasteiger partial charge in [-0.05, 0) is 49.2 Å². The summed E-state index contributed by atoms with van der Waals surface area (Å²) in [6.45, 7) is 7.25. The predicted molar refractivity (Wildman–Crippen MR) is 111 cm³/mol. The number of amides is 1. The number of carbonyl (C=O) groups is 2. The third-order valence-electron chi connectivity index (χ3n) is 4.38. The lowest BCUT2D eigenvalue weighted by Crippen LogP contribution is -2.31. The van der Waals surface area contributed by atoms with Crippen LogP contribution in [-0.4, -0.2) is 44.3 Å². The van der Waals surface area contributed by atoms with E-state index in [2.05, 4.69) is 5.32 Å². The second-order valence-corrected chi connectivity index (χ2v) is 8.47. The smallest absolute Gasteiger partial charge is 0.338 e. The maximum atomic E-state index is 12.8. The van der Waals surface area contributed by atoms with Crippen LogP contribution in [0.5, 0.6) is 0 Å². The molecule has 0 aliphatic rings. The third-order valence-corrected chi connectivity index (χ3v) is 6.58. The van der Waals surface area contributed by atoms with Gasteiger partial charge in [0.25, 0.3) is 5.91 Å². The lowest BCUT2D eigenvalue weighted by atomic mass is 10.1. The topological polar surface area (TPSA) is 92.8 Å². The van der Waals surface area contributed by atoms with Crippen LogP contribution >= 0.6 is 0 Å². The first-order valence-electron chi connectivity index (χ1n) is 9.33. The molecule has 156 valence electrons. The monoisotopic (exact) mass is 418 g/mol. The van der Waals surface area contributed by atoms with E-state index in [4.69, 9.17) is 4.74 Å². The molecule has 0 atom stereocenters. The second kappa shape index (κ2) is 9.67. The first-order valence-corrected chi connectivity index (χ1v) is 10.8. The van der Waals surface area contributed by atoms with E-state index < -0.39 is 28.5 Å². The molecule has 8 heteroatoms. The minimum Gasteiger partial charge on any atom is -0.452 e. The Labute approximate surface area is 171 Å². The van der Waals surface area contributed by atoms with Crippen LogP contribution in [0.15, 0.2) is 47.4 Å². The Morgan fingerprint density at radius 1 is 1.03 bits per heavy atom. The summed E-state index contributed by atoms with van der Waals surface area (Å²) >= 11 is 0. The van der Waals surface area contributed by atoms with E-state index in [1.54, 1.807) is 45.0 Å². The van der Waals surface area contributed by atoms with Gasteiger partial charge in [0.1, 0.15) is 0 Å². The maximum absolute atomic E-state index is 12.8. The van der Waals surface area contributed by atoms with Gasteiger partial charge in [-0.15, -0.1) is 0 Å². The Morgan fingerprint density at radius 3 is 2.34 bits per heavy atom. The van der Waals surface area contributed by atoms with Crippen LogP contribution in [-0.2, 0) is 19.6 Å². The largest absolute Gasteiger partial charge is 0.452 e. The number of hydrogen-bond acceptors (Lipinski definition) is 5. The van der Waals surface area contributed by atoms with E-state index in [0.29, 0.717) is 24.3 Å². The number of carbonyl (C=O) groups excluding carboxylic acids is 2. The van der Waals surface area contributed by atoms with Gasteiger partial charge in [0.05, 0.1) is 10.5 Å². The average Bonchev–Trinajstić information content (AvgIpc) is 2.67. The lowest BCUT2D eigenvalue weighted by molar-refractivity contribution is -0.119. The van der Waals surface area contributed by atoms with E-state index in [9.17, 15) is 18.0 Å². The Morgan fingerprint density at radius 2 is 1.72 bits per heavy atom. The van der Waals surface area contributed by atoms with Crippen LogP contribution in [0.3, 0.4) is 0 Å². The summed E-state index contributed by atoms with van der Waals surface area (Å²) < 4.78 is 32.0. The third kappa shape index (κ3) is 5.65. The van der Waals surface area contributed by atoms with Crippen LogP contribution in [0, 0.1) is 13.8 Å². The number of aryl methyl sites for hydroxylation is 2. The summed E-state index contributed by atoms with van der Waals surface area (Å²) in [6, 6.07) is 11.6. The predicted octanol–water partition coefficient (Wildman–Crippen LogP) is 3.13. The zero-order valence-corrected chi connectivity index (χ0v) is 17.9. The molecule has 0 radical (unpaired) electrons. The quantitative estimate of drug-likeness (QED) is 0.665. The minimum absolute atomic E-state index is 0.0554. The van der Waals surface area contributed by atoms with E-state index in [1.807, 2.05) is 13.0 Å². The SMILES string of the molecule is CCN(CC)S(=O)(=O)c1cc(C(=O)OCC(=O)Nc2cccc(C)c2)ccc1C. The highest BCUT2D eigenvalue weighted by atomic mass is 32.2. The molecule has 0 heterocycles.